The Morgan fingerprint density at radius 2 is 1.84 bits per heavy atom. The van der Waals surface area contributed by atoms with E-state index < -0.39 is 0 Å². The molecule has 0 radical (unpaired) electrons. The second-order valence-electron chi connectivity index (χ2n) is 7.55. The average molecular weight is 431 g/mol. The van der Waals surface area contributed by atoms with Crippen LogP contribution in [0, 0.1) is 0 Å². The summed E-state index contributed by atoms with van der Waals surface area (Å²) in [6.45, 7) is 0. The van der Waals surface area contributed by atoms with Gasteiger partial charge in [0, 0.05) is 22.0 Å². The van der Waals surface area contributed by atoms with Crippen LogP contribution < -0.4 is 14.8 Å². The smallest absolute Gasteiger partial charge is 0.230 e. The number of methoxy groups -OCH3 is 2. The number of aryl methyl sites for hydroxylation is 2. The number of thiazole rings is 1. The number of ether oxygens (including phenoxy) is 2. The van der Waals surface area contributed by atoms with E-state index in [1.807, 2.05) is 29.6 Å². The van der Waals surface area contributed by atoms with E-state index in [2.05, 4.69) is 34.6 Å². The second-order valence-corrected chi connectivity index (χ2v) is 8.41. The van der Waals surface area contributed by atoms with Crippen molar-refractivity contribution < 1.29 is 14.3 Å². The first-order valence-electron chi connectivity index (χ1n) is 10.2. The van der Waals surface area contributed by atoms with Crippen molar-refractivity contribution in [3.8, 4) is 22.1 Å². The van der Waals surface area contributed by atoms with Crippen LogP contribution in [0.25, 0.3) is 21.3 Å². The lowest BCUT2D eigenvalue weighted by molar-refractivity contribution is -0.115. The van der Waals surface area contributed by atoms with Gasteiger partial charge in [0.15, 0.2) is 11.5 Å². The topological polar surface area (TPSA) is 60.5 Å². The number of hydrogen-bond acceptors (Lipinski definition) is 5. The van der Waals surface area contributed by atoms with Crippen LogP contribution in [0.5, 0.6) is 11.5 Å². The molecule has 0 unspecified atom stereocenters. The van der Waals surface area contributed by atoms with Crippen LogP contribution in [-0.2, 0) is 24.1 Å². The van der Waals surface area contributed by atoms with Crippen molar-refractivity contribution in [1.29, 1.82) is 0 Å². The van der Waals surface area contributed by atoms with Gasteiger partial charge in [-0.25, -0.2) is 4.98 Å². The summed E-state index contributed by atoms with van der Waals surface area (Å²) >= 11 is 1.51. The van der Waals surface area contributed by atoms with E-state index in [0.29, 0.717) is 11.5 Å². The minimum Gasteiger partial charge on any atom is -0.493 e. The number of aromatic nitrogens is 1. The van der Waals surface area contributed by atoms with Gasteiger partial charge in [-0.2, -0.15) is 0 Å². The quantitative estimate of drug-likeness (QED) is 0.453. The lowest BCUT2D eigenvalue weighted by Crippen LogP contribution is -2.15. The van der Waals surface area contributed by atoms with Gasteiger partial charge in [0.05, 0.1) is 26.3 Å². The first-order chi connectivity index (χ1) is 15.2. The minimum atomic E-state index is -0.0668. The summed E-state index contributed by atoms with van der Waals surface area (Å²) in [7, 11) is 3.22. The predicted molar refractivity (Wildman–Crippen MR) is 124 cm³/mol. The Hall–Kier alpha value is -3.38. The molecule has 0 aliphatic heterocycles. The molecular weight excluding hydrogens is 408 g/mol. The number of hydrogen-bond donors (Lipinski definition) is 1. The van der Waals surface area contributed by atoms with E-state index in [9.17, 15) is 4.79 Å². The molecule has 31 heavy (non-hydrogen) atoms. The number of nitrogens with one attached hydrogen (secondary N) is 1. The Labute approximate surface area is 184 Å². The summed E-state index contributed by atoms with van der Waals surface area (Å²) in [6.07, 6.45) is 2.37. The highest BCUT2D eigenvalue weighted by molar-refractivity contribution is 7.13. The second kappa shape index (κ2) is 8.04. The standard InChI is InChI=1S/C25H22N2O3S/c1-29-21-11-9-17(12-22(21)30-2)25-26-18(14-31-25)13-23(28)27-20-10-8-16-7-6-15-4-3-5-19(20)24(15)16/h3-5,8-12,14H,6-7,13H2,1-2H3,(H,27,28). The predicted octanol–water partition coefficient (Wildman–Crippen LogP) is 5.26. The van der Waals surface area contributed by atoms with Crippen molar-refractivity contribution in [2.75, 3.05) is 19.5 Å². The van der Waals surface area contributed by atoms with Gasteiger partial charge in [0.1, 0.15) is 5.01 Å². The molecule has 0 saturated heterocycles. The largest absolute Gasteiger partial charge is 0.493 e. The molecule has 4 aromatic rings. The molecule has 0 spiro atoms. The van der Waals surface area contributed by atoms with Crippen LogP contribution in [0.1, 0.15) is 16.8 Å². The summed E-state index contributed by atoms with van der Waals surface area (Å²) in [4.78, 5) is 17.4. The number of amides is 1. The molecule has 1 aliphatic carbocycles. The zero-order chi connectivity index (χ0) is 21.4. The van der Waals surface area contributed by atoms with Crippen molar-refractivity contribution in [1.82, 2.24) is 4.98 Å². The molecule has 1 amide bonds. The third kappa shape index (κ3) is 3.64. The lowest BCUT2D eigenvalue weighted by Gasteiger charge is -2.10. The highest BCUT2D eigenvalue weighted by Crippen LogP contribution is 2.36. The SMILES string of the molecule is COc1ccc(-c2nc(CC(=O)Nc3ccc4c5c(cccc35)CC4)cs2)cc1OC. The van der Waals surface area contributed by atoms with Crippen LogP contribution in [0.3, 0.4) is 0 Å². The average Bonchev–Trinajstić information content (AvgIpc) is 3.43. The normalized spacial score (nSPS) is 12.2. The van der Waals surface area contributed by atoms with Crippen molar-refractivity contribution in [2.45, 2.75) is 19.3 Å². The van der Waals surface area contributed by atoms with Crippen molar-refractivity contribution in [3.05, 3.63) is 70.7 Å². The number of nitrogens with zero attached hydrogens (tertiary/aromatic N) is 1. The molecule has 0 bridgehead atoms. The maximum Gasteiger partial charge on any atom is 0.230 e. The van der Waals surface area contributed by atoms with E-state index >= 15 is 0 Å². The fourth-order valence-corrected chi connectivity index (χ4v) is 5.02. The first-order valence-corrected chi connectivity index (χ1v) is 11.0. The first kappa shape index (κ1) is 19.6. The molecule has 6 heteroatoms. The maximum atomic E-state index is 12.8. The van der Waals surface area contributed by atoms with Gasteiger partial charge in [-0.3, -0.25) is 4.79 Å². The number of carbonyl (C=O) groups excluding carboxylic acids is 1. The van der Waals surface area contributed by atoms with Crippen LogP contribution >= 0.6 is 11.3 Å². The molecule has 0 saturated carbocycles. The lowest BCUT2D eigenvalue weighted by atomic mass is 10.0. The van der Waals surface area contributed by atoms with Gasteiger partial charge in [-0.05, 0) is 53.6 Å². The Morgan fingerprint density at radius 3 is 2.65 bits per heavy atom. The molecule has 3 aromatic carbocycles. The van der Waals surface area contributed by atoms with Gasteiger partial charge >= 0.3 is 0 Å². The monoisotopic (exact) mass is 430 g/mol. The molecule has 156 valence electrons. The summed E-state index contributed by atoms with van der Waals surface area (Å²) in [6, 6.07) is 16.2. The number of benzene rings is 3. The summed E-state index contributed by atoms with van der Waals surface area (Å²) in [5.74, 6) is 1.26. The van der Waals surface area contributed by atoms with E-state index in [4.69, 9.17) is 9.47 Å². The molecule has 5 rings (SSSR count). The van der Waals surface area contributed by atoms with E-state index in [1.165, 1.54) is 27.8 Å². The van der Waals surface area contributed by atoms with E-state index in [1.54, 1.807) is 14.2 Å². The molecular formula is C25H22N2O3S. The molecule has 5 nitrogen and oxygen atoms in total. The highest BCUT2D eigenvalue weighted by atomic mass is 32.1. The molecule has 1 aromatic heterocycles. The van der Waals surface area contributed by atoms with Gasteiger partial charge in [0.2, 0.25) is 5.91 Å². The van der Waals surface area contributed by atoms with Gasteiger partial charge in [0.25, 0.3) is 0 Å². The summed E-state index contributed by atoms with van der Waals surface area (Å²) in [5, 5.41) is 8.27. The molecule has 1 N–H and O–H groups in total. The van der Waals surface area contributed by atoms with Gasteiger partial charge in [-0.1, -0.05) is 24.3 Å². The van der Waals surface area contributed by atoms with Crippen molar-refractivity contribution in [3.63, 3.8) is 0 Å². The van der Waals surface area contributed by atoms with Gasteiger partial charge < -0.3 is 14.8 Å². The molecule has 1 heterocycles. The Morgan fingerprint density at radius 1 is 1.03 bits per heavy atom. The Balaban J connectivity index is 1.34. The van der Waals surface area contributed by atoms with Crippen molar-refractivity contribution in [2.24, 2.45) is 0 Å². The maximum absolute atomic E-state index is 12.8. The third-order valence-electron chi connectivity index (χ3n) is 5.67. The fourth-order valence-electron chi connectivity index (χ4n) is 4.20. The van der Waals surface area contributed by atoms with Crippen LogP contribution in [-0.4, -0.2) is 25.1 Å². The zero-order valence-electron chi connectivity index (χ0n) is 17.4. The number of rotatable bonds is 6. The fraction of sp³-hybridized carbons (Fsp3) is 0.200. The third-order valence-corrected chi connectivity index (χ3v) is 6.62. The minimum absolute atomic E-state index is 0.0668. The van der Waals surface area contributed by atoms with Crippen LogP contribution in [0.4, 0.5) is 5.69 Å². The molecule has 0 atom stereocenters. The van der Waals surface area contributed by atoms with Crippen molar-refractivity contribution >= 4 is 33.7 Å². The van der Waals surface area contributed by atoms with Crippen LogP contribution in [0.15, 0.2) is 53.9 Å². The number of carbonyl (C=O) groups is 1. The van der Waals surface area contributed by atoms with E-state index in [-0.39, 0.29) is 12.3 Å². The molecule has 1 aliphatic rings. The Kier molecular flexibility index (Phi) is 5.08. The summed E-state index contributed by atoms with van der Waals surface area (Å²) < 4.78 is 10.7. The van der Waals surface area contributed by atoms with E-state index in [0.717, 1.165) is 40.2 Å². The Bertz CT molecular complexity index is 1290. The van der Waals surface area contributed by atoms with Gasteiger partial charge in [-0.15, -0.1) is 11.3 Å². The molecule has 0 fully saturated rings. The summed E-state index contributed by atoms with van der Waals surface area (Å²) in [5.41, 5.74) is 5.27. The highest BCUT2D eigenvalue weighted by Gasteiger charge is 2.17. The number of anilines is 1. The van der Waals surface area contributed by atoms with Crippen LogP contribution in [0.2, 0.25) is 0 Å². The zero-order valence-corrected chi connectivity index (χ0v) is 18.2.